The topological polar surface area (TPSA) is 49.4 Å². The smallest absolute Gasteiger partial charge is 0.293 e. The van der Waals surface area contributed by atoms with E-state index in [1.807, 2.05) is 0 Å². The van der Waals surface area contributed by atoms with Gasteiger partial charge in [0.2, 0.25) is 5.91 Å². The first kappa shape index (κ1) is 12.0. The van der Waals surface area contributed by atoms with Crippen LogP contribution in [0.5, 0.6) is 0 Å². The van der Waals surface area contributed by atoms with Crippen LogP contribution in [0.4, 0.5) is 19.0 Å². The first-order valence-electron chi connectivity index (χ1n) is 4.19. The molecule has 0 saturated heterocycles. The molecule has 1 aromatic rings. The van der Waals surface area contributed by atoms with E-state index in [1.54, 1.807) is 0 Å². The number of anilines is 1. The average Bonchev–Trinajstić information content (AvgIpc) is 2.21. The molecular weight excluding hydrogens is 225 g/mol. The van der Waals surface area contributed by atoms with Crippen LogP contribution in [-0.2, 0) is 9.59 Å². The molecule has 0 fully saturated rings. The summed E-state index contributed by atoms with van der Waals surface area (Å²) in [6, 6.07) is 4.68. The number of nitrogens with one attached hydrogen (secondary N) is 1. The van der Waals surface area contributed by atoms with Crippen LogP contribution in [0.2, 0.25) is 0 Å². The van der Waals surface area contributed by atoms with Gasteiger partial charge in [0.15, 0.2) is 0 Å². The predicted octanol–water partition coefficient (Wildman–Crippen LogP) is 1.75. The lowest BCUT2D eigenvalue weighted by Gasteiger charge is -2.04. The Labute approximate surface area is 88.5 Å². The molecule has 4 nitrogen and oxygen atoms in total. The quantitative estimate of drug-likeness (QED) is 0.637. The van der Waals surface area contributed by atoms with E-state index >= 15 is 0 Å². The van der Waals surface area contributed by atoms with E-state index < -0.39 is 29.4 Å². The number of carbonyl (C=O) groups excluding carboxylic acids is 2. The third-order valence-electron chi connectivity index (χ3n) is 1.63. The highest BCUT2D eigenvalue weighted by atomic mass is 19.4. The minimum absolute atomic E-state index is 0.225. The second kappa shape index (κ2) is 5.15. The van der Waals surface area contributed by atoms with Crippen LogP contribution in [0.1, 0.15) is 6.42 Å². The highest BCUT2D eigenvalue weighted by Gasteiger charge is 2.16. The summed E-state index contributed by atoms with van der Waals surface area (Å²) in [5, 5.41) is 0.506. The lowest BCUT2D eigenvalue weighted by atomic mass is 10.3. The summed E-state index contributed by atoms with van der Waals surface area (Å²) < 4.78 is 35.7. The van der Waals surface area contributed by atoms with Gasteiger partial charge in [0.1, 0.15) is 12.2 Å². The van der Waals surface area contributed by atoms with Gasteiger partial charge < -0.3 is 5.32 Å². The highest BCUT2D eigenvalue weighted by Crippen LogP contribution is 2.08. The van der Waals surface area contributed by atoms with E-state index in [-0.39, 0.29) is 5.69 Å². The number of nitrogens with zero attached hydrogens (tertiary/aromatic N) is 1. The van der Waals surface area contributed by atoms with E-state index in [9.17, 15) is 22.9 Å². The van der Waals surface area contributed by atoms with Gasteiger partial charge in [0.25, 0.3) is 5.91 Å². The van der Waals surface area contributed by atoms with Gasteiger partial charge in [0.05, 0.1) is 0 Å². The van der Waals surface area contributed by atoms with Crippen LogP contribution in [-0.4, -0.2) is 17.2 Å². The van der Waals surface area contributed by atoms with Crippen molar-refractivity contribution in [2.24, 2.45) is 0 Å². The summed E-state index contributed by atoms with van der Waals surface area (Å²) in [6.45, 7) is 0. The van der Waals surface area contributed by atoms with Crippen LogP contribution in [0, 0.1) is 5.82 Å². The second-order valence-corrected chi connectivity index (χ2v) is 2.86. The molecule has 16 heavy (non-hydrogen) atoms. The van der Waals surface area contributed by atoms with Gasteiger partial charge in [-0.1, -0.05) is 8.96 Å². The van der Waals surface area contributed by atoms with Crippen LogP contribution in [0.15, 0.2) is 24.3 Å². The number of hydrogen-bond acceptors (Lipinski definition) is 2. The highest BCUT2D eigenvalue weighted by molar-refractivity contribution is 6.02. The molecule has 86 valence electrons. The molecule has 0 aliphatic carbocycles. The molecule has 1 N–H and O–H groups in total. The Morgan fingerprint density at radius 2 is 1.75 bits per heavy atom. The SMILES string of the molecule is O=C(CC(=O)N(F)F)Nc1ccc(F)cc1. The molecule has 0 radical (unpaired) electrons. The zero-order valence-electron chi connectivity index (χ0n) is 7.91. The fourth-order valence-electron chi connectivity index (χ4n) is 0.936. The van der Waals surface area contributed by atoms with Gasteiger partial charge in [-0.3, -0.25) is 9.59 Å². The largest absolute Gasteiger partial charge is 0.326 e. The van der Waals surface area contributed by atoms with Crippen molar-refractivity contribution in [3.8, 4) is 0 Å². The van der Waals surface area contributed by atoms with E-state index in [4.69, 9.17) is 0 Å². The van der Waals surface area contributed by atoms with Crippen LogP contribution in [0.3, 0.4) is 0 Å². The molecule has 7 heteroatoms. The number of rotatable bonds is 3. The van der Waals surface area contributed by atoms with Crippen molar-refractivity contribution in [3.05, 3.63) is 30.1 Å². The fourth-order valence-corrected chi connectivity index (χ4v) is 0.936. The molecule has 0 saturated carbocycles. The van der Waals surface area contributed by atoms with Crippen molar-refractivity contribution in [1.29, 1.82) is 0 Å². The molecule has 0 unspecified atom stereocenters. The van der Waals surface area contributed by atoms with Gasteiger partial charge in [-0.2, -0.15) is 0 Å². The average molecular weight is 232 g/mol. The second-order valence-electron chi connectivity index (χ2n) is 2.86. The lowest BCUT2D eigenvalue weighted by molar-refractivity contribution is -0.187. The van der Waals surface area contributed by atoms with E-state index in [0.717, 1.165) is 12.1 Å². The summed E-state index contributed by atoms with van der Waals surface area (Å²) >= 11 is 0. The fraction of sp³-hybridized carbons (Fsp3) is 0.111. The molecule has 0 aliphatic rings. The zero-order chi connectivity index (χ0) is 12.1. The maximum atomic E-state index is 12.5. The number of benzene rings is 1. The normalized spacial score (nSPS) is 9.69. The Kier molecular flexibility index (Phi) is 3.87. The molecule has 0 heterocycles. The number of amides is 2. The summed E-state index contributed by atoms with van der Waals surface area (Å²) in [6.07, 6.45) is -0.968. The number of halogens is 3. The maximum Gasteiger partial charge on any atom is 0.293 e. The monoisotopic (exact) mass is 232 g/mol. The molecule has 0 spiro atoms. The third kappa shape index (κ3) is 3.60. The Bertz CT molecular complexity index is 392. The van der Waals surface area contributed by atoms with Crippen LogP contribution < -0.4 is 5.32 Å². The van der Waals surface area contributed by atoms with Crippen molar-refractivity contribution >= 4 is 17.5 Å². The van der Waals surface area contributed by atoms with Gasteiger partial charge in [-0.15, -0.1) is 0 Å². The molecule has 0 aliphatic heterocycles. The molecule has 2 amide bonds. The number of hydrogen-bond donors (Lipinski definition) is 1. The summed E-state index contributed by atoms with van der Waals surface area (Å²) in [7, 11) is 0. The zero-order valence-corrected chi connectivity index (χ0v) is 7.91. The first-order chi connectivity index (χ1) is 7.49. The molecule has 0 atom stereocenters. The van der Waals surface area contributed by atoms with Gasteiger partial charge in [-0.05, 0) is 29.6 Å². The van der Waals surface area contributed by atoms with Crippen molar-refractivity contribution in [2.45, 2.75) is 6.42 Å². The molecule has 0 bridgehead atoms. The van der Waals surface area contributed by atoms with Crippen molar-refractivity contribution in [3.63, 3.8) is 0 Å². The Hall–Kier alpha value is -2.05. The Morgan fingerprint density at radius 3 is 2.25 bits per heavy atom. The van der Waals surface area contributed by atoms with Crippen LogP contribution >= 0.6 is 0 Å². The minimum atomic E-state index is -1.66. The summed E-state index contributed by atoms with van der Waals surface area (Å²) in [5.41, 5.74) is 0.225. The predicted molar refractivity (Wildman–Crippen MR) is 48.7 cm³/mol. The molecule has 1 aromatic carbocycles. The van der Waals surface area contributed by atoms with E-state index in [2.05, 4.69) is 5.32 Å². The van der Waals surface area contributed by atoms with Crippen molar-refractivity contribution < 1.29 is 22.9 Å². The molecular formula is C9H7F3N2O2. The number of carbonyl (C=O) groups is 2. The Balaban J connectivity index is 2.52. The van der Waals surface area contributed by atoms with Gasteiger partial charge in [-0.25, -0.2) is 4.39 Å². The summed E-state index contributed by atoms with van der Waals surface area (Å²) in [4.78, 5) is 21.5. The van der Waals surface area contributed by atoms with Crippen LogP contribution in [0.25, 0.3) is 0 Å². The van der Waals surface area contributed by atoms with Gasteiger partial charge >= 0.3 is 0 Å². The molecule has 1 rings (SSSR count). The first-order valence-corrected chi connectivity index (χ1v) is 4.19. The third-order valence-corrected chi connectivity index (χ3v) is 1.63. The molecule has 0 aromatic heterocycles. The lowest BCUT2D eigenvalue weighted by Crippen LogP contribution is -2.22. The maximum absolute atomic E-state index is 12.5. The Morgan fingerprint density at radius 1 is 1.19 bits per heavy atom. The van der Waals surface area contributed by atoms with Crippen molar-refractivity contribution in [2.75, 3.05) is 5.32 Å². The standard InChI is InChI=1S/C9H7F3N2O2/c10-6-1-3-7(4-2-6)13-8(15)5-9(16)14(11)12/h1-4H,5H2,(H,13,15). The van der Waals surface area contributed by atoms with Gasteiger partial charge in [0, 0.05) is 5.69 Å². The van der Waals surface area contributed by atoms with Crippen molar-refractivity contribution in [1.82, 2.24) is 5.34 Å². The summed E-state index contributed by atoms with van der Waals surface area (Å²) in [5.74, 6) is -3.00. The van der Waals surface area contributed by atoms with E-state index in [1.165, 1.54) is 12.1 Å². The minimum Gasteiger partial charge on any atom is -0.326 e. The van der Waals surface area contributed by atoms with E-state index in [0.29, 0.717) is 0 Å².